The van der Waals surface area contributed by atoms with Gasteiger partial charge < -0.3 is 11.1 Å². The van der Waals surface area contributed by atoms with Crippen molar-refractivity contribution in [1.29, 1.82) is 0 Å². The normalized spacial score (nSPS) is 11.4. The molecule has 1 aromatic carbocycles. The summed E-state index contributed by atoms with van der Waals surface area (Å²) < 4.78 is 0. The molecule has 0 aliphatic rings. The molecular weight excluding hydrogens is 260 g/mol. The van der Waals surface area contributed by atoms with Crippen molar-refractivity contribution in [1.82, 2.24) is 5.32 Å². The molecular formula is C18H30N2O. The van der Waals surface area contributed by atoms with Crippen molar-refractivity contribution in [3.05, 3.63) is 35.4 Å². The Labute approximate surface area is 129 Å². The molecule has 0 heterocycles. The minimum Gasteiger partial charge on any atom is -0.347 e. The topological polar surface area (TPSA) is 55.1 Å². The Morgan fingerprint density at radius 2 is 1.71 bits per heavy atom. The van der Waals surface area contributed by atoms with Crippen molar-refractivity contribution in [2.45, 2.75) is 64.8 Å². The number of hydrogen-bond acceptors (Lipinski definition) is 2. The van der Waals surface area contributed by atoms with Gasteiger partial charge in [0.25, 0.3) is 0 Å². The number of nitrogens with two attached hydrogens (primary N) is 1. The van der Waals surface area contributed by atoms with Crippen LogP contribution in [0, 0.1) is 0 Å². The zero-order chi connectivity index (χ0) is 15.7. The van der Waals surface area contributed by atoms with Gasteiger partial charge in [-0.3, -0.25) is 4.79 Å². The lowest BCUT2D eigenvalue weighted by Gasteiger charge is -2.27. The molecule has 0 aliphatic carbocycles. The first-order valence-electron chi connectivity index (χ1n) is 8.10. The number of nitrogens with one attached hydrogen (secondary N) is 1. The average Bonchev–Trinajstić information content (AvgIpc) is 2.46. The molecule has 0 bridgehead atoms. The number of carbonyl (C=O) groups excluding carboxylic acids is 1. The van der Waals surface area contributed by atoms with Crippen LogP contribution < -0.4 is 11.1 Å². The molecule has 0 saturated carbocycles. The number of aryl methyl sites for hydroxylation is 1. The summed E-state index contributed by atoms with van der Waals surface area (Å²) >= 11 is 0. The smallest absolute Gasteiger partial charge is 0.220 e. The molecule has 1 rings (SSSR count). The van der Waals surface area contributed by atoms with E-state index in [0.29, 0.717) is 6.42 Å². The summed E-state index contributed by atoms with van der Waals surface area (Å²) in [7, 11) is 0. The molecule has 0 spiro atoms. The largest absolute Gasteiger partial charge is 0.347 e. The Kier molecular flexibility index (Phi) is 7.44. The average molecular weight is 290 g/mol. The minimum absolute atomic E-state index is 0.132. The third-order valence-corrected chi connectivity index (χ3v) is 3.89. The number of amides is 1. The van der Waals surface area contributed by atoms with Crippen molar-refractivity contribution in [3.63, 3.8) is 0 Å². The van der Waals surface area contributed by atoms with Gasteiger partial charge in [0, 0.05) is 6.42 Å². The third kappa shape index (κ3) is 6.30. The van der Waals surface area contributed by atoms with Gasteiger partial charge in [-0.25, -0.2) is 0 Å². The van der Waals surface area contributed by atoms with Crippen LogP contribution in [0.5, 0.6) is 0 Å². The monoisotopic (exact) mass is 290 g/mol. The summed E-state index contributed by atoms with van der Waals surface area (Å²) in [5.74, 6) is 0.132. The van der Waals surface area contributed by atoms with Gasteiger partial charge in [0.05, 0.1) is 5.54 Å². The highest BCUT2D eigenvalue weighted by molar-refractivity contribution is 5.76. The fourth-order valence-corrected chi connectivity index (χ4v) is 2.42. The molecule has 1 amide bonds. The van der Waals surface area contributed by atoms with E-state index in [1.54, 1.807) is 0 Å². The number of hydrogen-bond donors (Lipinski definition) is 2. The molecule has 118 valence electrons. The highest BCUT2D eigenvalue weighted by atomic mass is 16.1. The predicted molar refractivity (Wildman–Crippen MR) is 89.1 cm³/mol. The lowest BCUT2D eigenvalue weighted by Crippen LogP contribution is -2.40. The maximum Gasteiger partial charge on any atom is 0.220 e. The number of rotatable bonds is 9. The molecule has 0 fully saturated rings. The zero-order valence-electron chi connectivity index (χ0n) is 13.7. The second-order valence-corrected chi connectivity index (χ2v) is 6.18. The van der Waals surface area contributed by atoms with E-state index >= 15 is 0 Å². The number of benzene rings is 1. The lowest BCUT2D eigenvalue weighted by molar-refractivity contribution is -0.122. The van der Waals surface area contributed by atoms with Gasteiger partial charge >= 0.3 is 0 Å². The Bertz CT molecular complexity index is 423. The van der Waals surface area contributed by atoms with E-state index < -0.39 is 0 Å². The van der Waals surface area contributed by atoms with E-state index in [2.05, 4.69) is 50.4 Å². The summed E-state index contributed by atoms with van der Waals surface area (Å²) in [6.45, 7) is 7.00. The number of carbonyl (C=O) groups is 1. The molecule has 0 aliphatic heterocycles. The summed E-state index contributed by atoms with van der Waals surface area (Å²) in [4.78, 5) is 12.1. The highest BCUT2D eigenvalue weighted by Gasteiger charge is 2.22. The molecule has 3 N–H and O–H groups in total. The van der Waals surface area contributed by atoms with Crippen LogP contribution in [0.15, 0.2) is 24.3 Å². The van der Waals surface area contributed by atoms with E-state index in [-0.39, 0.29) is 11.4 Å². The van der Waals surface area contributed by atoms with Crippen LogP contribution in [0.3, 0.4) is 0 Å². The molecule has 0 saturated heterocycles. The first kappa shape index (κ1) is 17.7. The van der Waals surface area contributed by atoms with Crippen LogP contribution in [0.4, 0.5) is 0 Å². The summed E-state index contributed by atoms with van der Waals surface area (Å²) in [5, 5.41) is 3.14. The standard InChI is InChI=1S/C18H30N2O/c1-4-15-10-12-16(13-11-15)18(2,3)20-17(21)9-7-5-6-8-14-19/h10-13H,4-9,14,19H2,1-3H3,(H,20,21). The van der Waals surface area contributed by atoms with E-state index in [0.717, 1.165) is 44.2 Å². The molecule has 0 atom stereocenters. The van der Waals surface area contributed by atoms with Gasteiger partial charge in [0.1, 0.15) is 0 Å². The second-order valence-electron chi connectivity index (χ2n) is 6.18. The van der Waals surface area contributed by atoms with Crippen LogP contribution in [0.25, 0.3) is 0 Å². The van der Waals surface area contributed by atoms with E-state index in [4.69, 9.17) is 5.73 Å². The Morgan fingerprint density at radius 3 is 2.29 bits per heavy atom. The zero-order valence-corrected chi connectivity index (χ0v) is 13.7. The van der Waals surface area contributed by atoms with Crippen LogP contribution in [-0.2, 0) is 16.8 Å². The van der Waals surface area contributed by atoms with Crippen molar-refractivity contribution >= 4 is 5.91 Å². The Hall–Kier alpha value is -1.35. The third-order valence-electron chi connectivity index (χ3n) is 3.89. The van der Waals surface area contributed by atoms with E-state index in [1.807, 2.05) is 0 Å². The first-order valence-corrected chi connectivity index (χ1v) is 8.10. The predicted octanol–water partition coefficient (Wildman–Crippen LogP) is 3.51. The quantitative estimate of drug-likeness (QED) is 0.684. The second kappa shape index (κ2) is 8.83. The summed E-state index contributed by atoms with van der Waals surface area (Å²) in [6, 6.07) is 8.49. The van der Waals surface area contributed by atoms with Gasteiger partial charge in [-0.2, -0.15) is 0 Å². The molecule has 3 heteroatoms. The van der Waals surface area contributed by atoms with Crippen molar-refractivity contribution in [3.8, 4) is 0 Å². The van der Waals surface area contributed by atoms with Gasteiger partial charge in [-0.15, -0.1) is 0 Å². The highest BCUT2D eigenvalue weighted by Crippen LogP contribution is 2.21. The lowest BCUT2D eigenvalue weighted by atomic mass is 9.92. The Morgan fingerprint density at radius 1 is 1.10 bits per heavy atom. The SMILES string of the molecule is CCc1ccc(C(C)(C)NC(=O)CCCCCCN)cc1. The molecule has 3 nitrogen and oxygen atoms in total. The Balaban J connectivity index is 2.44. The van der Waals surface area contributed by atoms with Crippen LogP contribution in [0.2, 0.25) is 0 Å². The fourth-order valence-electron chi connectivity index (χ4n) is 2.42. The first-order chi connectivity index (χ1) is 9.99. The summed E-state index contributed by atoms with van der Waals surface area (Å²) in [5.41, 5.74) is 7.61. The van der Waals surface area contributed by atoms with Gasteiger partial charge in [-0.1, -0.05) is 44.0 Å². The van der Waals surface area contributed by atoms with Crippen LogP contribution in [0.1, 0.15) is 64.0 Å². The number of unbranched alkanes of at least 4 members (excludes halogenated alkanes) is 3. The molecule has 1 aromatic rings. The van der Waals surface area contributed by atoms with Crippen molar-refractivity contribution in [2.24, 2.45) is 5.73 Å². The fraction of sp³-hybridized carbons (Fsp3) is 0.611. The molecule has 0 unspecified atom stereocenters. The summed E-state index contributed by atoms with van der Waals surface area (Å²) in [6.07, 6.45) is 5.83. The van der Waals surface area contributed by atoms with Gasteiger partial charge in [-0.05, 0) is 50.8 Å². The maximum absolute atomic E-state index is 12.1. The molecule has 21 heavy (non-hydrogen) atoms. The van der Waals surface area contributed by atoms with Crippen molar-refractivity contribution < 1.29 is 4.79 Å². The molecule has 0 radical (unpaired) electrons. The van der Waals surface area contributed by atoms with E-state index in [9.17, 15) is 4.79 Å². The van der Waals surface area contributed by atoms with Crippen molar-refractivity contribution in [2.75, 3.05) is 6.54 Å². The minimum atomic E-state index is -0.319. The van der Waals surface area contributed by atoms with Crippen LogP contribution in [-0.4, -0.2) is 12.5 Å². The maximum atomic E-state index is 12.1. The van der Waals surface area contributed by atoms with E-state index in [1.165, 1.54) is 5.56 Å². The van der Waals surface area contributed by atoms with Gasteiger partial charge in [0.15, 0.2) is 0 Å². The van der Waals surface area contributed by atoms with Gasteiger partial charge in [0.2, 0.25) is 5.91 Å². The van der Waals surface area contributed by atoms with Crippen LogP contribution >= 0.6 is 0 Å². The molecule has 0 aromatic heterocycles.